The highest BCUT2D eigenvalue weighted by atomic mass is 35.5. The van der Waals surface area contributed by atoms with Gasteiger partial charge < -0.3 is 25.7 Å². The van der Waals surface area contributed by atoms with Crippen molar-refractivity contribution in [2.45, 2.75) is 45.7 Å². The van der Waals surface area contributed by atoms with Gasteiger partial charge in [-0.3, -0.25) is 4.79 Å². The molecule has 214 valence electrons. The van der Waals surface area contributed by atoms with E-state index in [1.165, 1.54) is 6.21 Å². The van der Waals surface area contributed by atoms with Gasteiger partial charge in [-0.25, -0.2) is 15.0 Å². The lowest BCUT2D eigenvalue weighted by Crippen LogP contribution is -2.36. The van der Waals surface area contributed by atoms with Gasteiger partial charge in [-0.05, 0) is 56.0 Å². The van der Waals surface area contributed by atoms with Crippen LogP contribution in [0, 0.1) is 22.7 Å². The summed E-state index contributed by atoms with van der Waals surface area (Å²) in [5.41, 5.74) is 3.71. The van der Waals surface area contributed by atoms with Crippen LogP contribution in [-0.4, -0.2) is 60.2 Å². The summed E-state index contributed by atoms with van der Waals surface area (Å²) in [6, 6.07) is 8.18. The van der Waals surface area contributed by atoms with Crippen LogP contribution >= 0.6 is 11.6 Å². The van der Waals surface area contributed by atoms with Crippen molar-refractivity contribution in [1.82, 2.24) is 20.3 Å². The summed E-state index contributed by atoms with van der Waals surface area (Å²) in [5.74, 6) is 1.91. The quantitative estimate of drug-likeness (QED) is 0.208. The number of pyridine rings is 1. The number of anilines is 2. The highest BCUT2D eigenvalue weighted by molar-refractivity contribution is 6.30. The van der Waals surface area contributed by atoms with Gasteiger partial charge >= 0.3 is 0 Å². The lowest BCUT2D eigenvalue weighted by Gasteiger charge is -2.27. The van der Waals surface area contributed by atoms with Crippen LogP contribution in [0.15, 0.2) is 30.6 Å². The zero-order valence-electron chi connectivity index (χ0n) is 23.6. The molecule has 3 N–H and O–H groups in total. The number of nitriles is 1. The molecule has 0 unspecified atom stereocenters. The molecule has 0 aliphatic carbocycles. The molecule has 3 heterocycles. The fourth-order valence-corrected chi connectivity index (χ4v) is 5.05. The van der Waals surface area contributed by atoms with E-state index in [1.807, 2.05) is 30.1 Å². The molecular weight excluding hydrogens is 540 g/mol. The highest BCUT2D eigenvalue weighted by Crippen LogP contribution is 2.39. The third-order valence-electron chi connectivity index (χ3n) is 6.87. The van der Waals surface area contributed by atoms with Crippen molar-refractivity contribution >= 4 is 35.6 Å². The Hall–Kier alpha value is -4.07. The maximum absolute atomic E-state index is 11.3. The number of hydrogen-bond donors (Lipinski definition) is 3. The first-order valence-electron chi connectivity index (χ1n) is 13.7. The molecule has 1 aliphatic heterocycles. The van der Waals surface area contributed by atoms with E-state index in [1.54, 1.807) is 12.4 Å². The predicted octanol–water partition coefficient (Wildman–Crippen LogP) is 4.64. The molecule has 0 radical (unpaired) electrons. The standard InChI is InChI=1S/C30H35ClN8O2/c1-19(2)12-25-23(14-32)29(24(15-33)30(38-25)37-22-6-8-34-9-7-22)20-4-5-26(27(13-20)41-11-10-40)39(3)18-28-35-16-21(31)17-36-28/h4-5,10,13,15-17,19,22,33-34H,6-9,11-12,18H2,1-3H3,(H,37,38). The van der Waals surface area contributed by atoms with E-state index < -0.39 is 0 Å². The summed E-state index contributed by atoms with van der Waals surface area (Å²) in [6.45, 7) is 6.24. The monoisotopic (exact) mass is 574 g/mol. The molecule has 41 heavy (non-hydrogen) atoms. The third kappa shape index (κ3) is 7.37. The number of rotatable bonds is 12. The first-order chi connectivity index (χ1) is 19.8. The fourth-order valence-electron chi connectivity index (χ4n) is 4.96. The topological polar surface area (TPSA) is 140 Å². The van der Waals surface area contributed by atoms with Crippen LogP contribution in [0.3, 0.4) is 0 Å². The second-order valence-corrected chi connectivity index (χ2v) is 10.9. The maximum Gasteiger partial charge on any atom is 0.157 e. The maximum atomic E-state index is 11.3. The summed E-state index contributed by atoms with van der Waals surface area (Å²) in [4.78, 5) is 26.6. The van der Waals surface area contributed by atoms with Crippen LogP contribution < -0.4 is 20.3 Å². The molecule has 0 spiro atoms. The number of benzene rings is 1. The van der Waals surface area contributed by atoms with Crippen molar-refractivity contribution in [3.8, 4) is 22.9 Å². The van der Waals surface area contributed by atoms with E-state index >= 15 is 0 Å². The van der Waals surface area contributed by atoms with Gasteiger partial charge in [-0.2, -0.15) is 5.26 Å². The molecule has 0 saturated carbocycles. The average molecular weight is 575 g/mol. The molecule has 11 heteroatoms. The van der Waals surface area contributed by atoms with Gasteiger partial charge in [0, 0.05) is 42.8 Å². The van der Waals surface area contributed by atoms with Crippen LogP contribution in [0.1, 0.15) is 49.3 Å². The zero-order valence-corrected chi connectivity index (χ0v) is 24.3. The largest absolute Gasteiger partial charge is 0.484 e. The van der Waals surface area contributed by atoms with E-state index in [0.717, 1.165) is 25.9 Å². The highest BCUT2D eigenvalue weighted by Gasteiger charge is 2.24. The summed E-state index contributed by atoms with van der Waals surface area (Å²) in [5, 5.41) is 26.1. The number of nitrogens with zero attached hydrogens (tertiary/aromatic N) is 5. The Labute approximate surface area is 245 Å². The molecule has 3 aromatic rings. The van der Waals surface area contributed by atoms with E-state index in [4.69, 9.17) is 26.7 Å². The molecule has 4 rings (SSSR count). The Bertz CT molecular complexity index is 1420. The van der Waals surface area contributed by atoms with Gasteiger partial charge in [0.15, 0.2) is 6.29 Å². The molecule has 2 aromatic heterocycles. The molecule has 0 atom stereocenters. The van der Waals surface area contributed by atoms with Gasteiger partial charge in [0.1, 0.15) is 30.1 Å². The van der Waals surface area contributed by atoms with Crippen LogP contribution in [0.4, 0.5) is 11.5 Å². The summed E-state index contributed by atoms with van der Waals surface area (Å²) >= 11 is 5.93. The van der Waals surface area contributed by atoms with Crippen LogP contribution in [0.25, 0.3) is 11.1 Å². The van der Waals surface area contributed by atoms with Crippen LogP contribution in [-0.2, 0) is 17.8 Å². The molecule has 10 nitrogen and oxygen atoms in total. The van der Waals surface area contributed by atoms with Gasteiger partial charge in [-0.15, -0.1) is 0 Å². The van der Waals surface area contributed by atoms with Crippen molar-refractivity contribution in [3.63, 3.8) is 0 Å². The number of aldehydes is 1. The van der Waals surface area contributed by atoms with Gasteiger partial charge in [0.05, 0.1) is 28.5 Å². The third-order valence-corrected chi connectivity index (χ3v) is 7.06. The van der Waals surface area contributed by atoms with Gasteiger partial charge in [0.2, 0.25) is 0 Å². The Morgan fingerprint density at radius 2 is 2.02 bits per heavy atom. The fraction of sp³-hybridized carbons (Fsp3) is 0.400. The minimum atomic E-state index is -0.137. The second-order valence-electron chi connectivity index (χ2n) is 10.4. The normalized spacial score (nSPS) is 13.5. The van der Waals surface area contributed by atoms with E-state index in [9.17, 15) is 10.1 Å². The van der Waals surface area contributed by atoms with Crippen molar-refractivity contribution in [1.29, 1.82) is 10.7 Å². The van der Waals surface area contributed by atoms with E-state index in [-0.39, 0.29) is 18.6 Å². The first kappa shape index (κ1) is 29.9. The SMILES string of the molecule is CC(C)Cc1nc(NC2CCNCC2)c(C=N)c(-c2ccc(N(C)Cc3ncc(Cl)cn3)c(OCC=O)c2)c1C#N. The summed E-state index contributed by atoms with van der Waals surface area (Å²) in [6.07, 6.45) is 7.53. The molecule has 1 aromatic carbocycles. The van der Waals surface area contributed by atoms with E-state index in [0.29, 0.717) is 75.3 Å². The Balaban J connectivity index is 1.82. The van der Waals surface area contributed by atoms with Gasteiger partial charge in [-0.1, -0.05) is 31.5 Å². The molecule has 1 aliphatic rings. The number of carbonyl (C=O) groups is 1. The second kappa shape index (κ2) is 14.0. The minimum absolute atomic E-state index is 0.137. The van der Waals surface area contributed by atoms with Crippen molar-refractivity contribution < 1.29 is 9.53 Å². The number of carbonyl (C=O) groups excluding carboxylic acids is 1. The molecule has 0 bridgehead atoms. The van der Waals surface area contributed by atoms with E-state index in [2.05, 4.69) is 40.5 Å². The number of halogens is 1. The Morgan fingerprint density at radius 1 is 1.29 bits per heavy atom. The average Bonchev–Trinajstić information content (AvgIpc) is 2.97. The zero-order chi connectivity index (χ0) is 29.4. The number of ether oxygens (including phenoxy) is 1. The molecular formula is C30H35ClN8O2. The lowest BCUT2D eigenvalue weighted by molar-refractivity contribution is -0.109. The molecule has 1 fully saturated rings. The predicted molar refractivity (Wildman–Crippen MR) is 161 cm³/mol. The summed E-state index contributed by atoms with van der Waals surface area (Å²) in [7, 11) is 1.87. The van der Waals surface area contributed by atoms with Crippen molar-refractivity contribution in [3.05, 3.63) is 58.3 Å². The minimum Gasteiger partial charge on any atom is -0.484 e. The molecule has 1 saturated heterocycles. The summed E-state index contributed by atoms with van der Waals surface area (Å²) < 4.78 is 5.87. The number of hydrogen-bond acceptors (Lipinski definition) is 10. The van der Waals surface area contributed by atoms with Gasteiger partial charge in [0.25, 0.3) is 0 Å². The van der Waals surface area contributed by atoms with Crippen LogP contribution in [0.5, 0.6) is 5.75 Å². The lowest BCUT2D eigenvalue weighted by atomic mass is 9.91. The smallest absolute Gasteiger partial charge is 0.157 e. The van der Waals surface area contributed by atoms with Crippen molar-refractivity contribution in [2.24, 2.45) is 5.92 Å². The molecule has 0 amide bonds. The number of aromatic nitrogens is 3. The van der Waals surface area contributed by atoms with Crippen LogP contribution in [0.2, 0.25) is 5.02 Å². The Kier molecular flexibility index (Phi) is 10.2. The number of nitrogens with one attached hydrogen (secondary N) is 3. The Morgan fingerprint density at radius 3 is 2.66 bits per heavy atom. The number of piperidine rings is 1. The first-order valence-corrected chi connectivity index (χ1v) is 14.1. The van der Waals surface area contributed by atoms with Crippen molar-refractivity contribution in [2.75, 3.05) is 37.0 Å².